The summed E-state index contributed by atoms with van der Waals surface area (Å²) in [5.74, 6) is 5.49. The van der Waals surface area contributed by atoms with Gasteiger partial charge in [-0.05, 0) is 24.5 Å². The Morgan fingerprint density at radius 3 is 3.00 bits per heavy atom. The number of aromatic nitrogens is 1. The van der Waals surface area contributed by atoms with E-state index < -0.39 is 0 Å². The first-order valence-corrected chi connectivity index (χ1v) is 5.32. The summed E-state index contributed by atoms with van der Waals surface area (Å²) in [6, 6.07) is 4.04. The zero-order valence-corrected chi connectivity index (χ0v) is 9.15. The molecule has 1 heterocycles. The third-order valence-corrected chi connectivity index (χ3v) is 2.19. The molecular weight excluding hydrogens is 190 g/mol. The minimum atomic E-state index is 0.121. The molecule has 0 aliphatic carbocycles. The largest absolute Gasteiger partial charge is 0.381 e. The van der Waals surface area contributed by atoms with E-state index in [0.717, 1.165) is 31.6 Å². The Morgan fingerprint density at radius 2 is 2.40 bits per heavy atom. The fraction of sp³-hybridized carbons (Fsp3) is 0.545. The molecule has 0 amide bonds. The molecule has 4 heteroatoms. The molecule has 0 fully saturated rings. The normalized spacial score (nSPS) is 12.7. The molecule has 1 rings (SSSR count). The van der Waals surface area contributed by atoms with Gasteiger partial charge in [0, 0.05) is 31.6 Å². The third-order valence-electron chi connectivity index (χ3n) is 2.19. The van der Waals surface area contributed by atoms with Crippen molar-refractivity contribution in [3.8, 4) is 0 Å². The maximum atomic E-state index is 5.49. The summed E-state index contributed by atoms with van der Waals surface area (Å²) < 4.78 is 5.42. The van der Waals surface area contributed by atoms with Crippen molar-refractivity contribution in [1.29, 1.82) is 0 Å². The Bertz CT molecular complexity index is 253. The Hall–Kier alpha value is -0.970. The number of ether oxygens (including phenoxy) is 1. The molecule has 1 atom stereocenters. The number of nitrogens with zero attached hydrogens (tertiary/aromatic N) is 1. The quantitative estimate of drug-likeness (QED) is 0.405. The molecular formula is C11H19N3O. The highest BCUT2D eigenvalue weighted by atomic mass is 16.5. The standard InChI is InChI=1S/C11H19N3O/c1-2-7-15-8-5-11(14-12)10-4-3-6-13-9-10/h3-4,6,9,11,14H,2,5,7-8,12H2,1H3. The van der Waals surface area contributed by atoms with Crippen LogP contribution in [-0.2, 0) is 4.74 Å². The van der Waals surface area contributed by atoms with Crippen LogP contribution in [0.3, 0.4) is 0 Å². The first-order chi connectivity index (χ1) is 7.38. The third kappa shape index (κ3) is 4.38. The maximum Gasteiger partial charge on any atom is 0.0497 e. The van der Waals surface area contributed by atoms with Crippen molar-refractivity contribution >= 4 is 0 Å². The number of hydrazine groups is 1. The van der Waals surface area contributed by atoms with Crippen LogP contribution in [0.2, 0.25) is 0 Å². The van der Waals surface area contributed by atoms with E-state index in [0.29, 0.717) is 0 Å². The van der Waals surface area contributed by atoms with Crippen LogP contribution in [-0.4, -0.2) is 18.2 Å². The molecule has 0 aliphatic heterocycles. The molecule has 84 valence electrons. The van der Waals surface area contributed by atoms with E-state index in [2.05, 4.69) is 17.3 Å². The Labute approximate surface area is 90.8 Å². The van der Waals surface area contributed by atoms with Crippen LogP contribution in [0.15, 0.2) is 24.5 Å². The first-order valence-electron chi connectivity index (χ1n) is 5.32. The Morgan fingerprint density at radius 1 is 1.53 bits per heavy atom. The summed E-state index contributed by atoms with van der Waals surface area (Å²) in [7, 11) is 0. The highest BCUT2D eigenvalue weighted by Gasteiger charge is 2.08. The van der Waals surface area contributed by atoms with Crippen molar-refractivity contribution in [2.24, 2.45) is 5.84 Å². The van der Waals surface area contributed by atoms with E-state index in [1.54, 1.807) is 6.20 Å². The Kier molecular flexibility index (Phi) is 5.92. The molecule has 3 N–H and O–H groups in total. The van der Waals surface area contributed by atoms with Crippen molar-refractivity contribution in [2.75, 3.05) is 13.2 Å². The van der Waals surface area contributed by atoms with Crippen LogP contribution < -0.4 is 11.3 Å². The smallest absolute Gasteiger partial charge is 0.0497 e. The molecule has 1 aromatic heterocycles. The van der Waals surface area contributed by atoms with Crippen LogP contribution in [0.25, 0.3) is 0 Å². The molecule has 0 radical (unpaired) electrons. The highest BCUT2D eigenvalue weighted by molar-refractivity contribution is 5.13. The van der Waals surface area contributed by atoms with Crippen molar-refractivity contribution in [3.05, 3.63) is 30.1 Å². The van der Waals surface area contributed by atoms with Gasteiger partial charge in [0.05, 0.1) is 0 Å². The average Bonchev–Trinajstić information content (AvgIpc) is 2.30. The van der Waals surface area contributed by atoms with Gasteiger partial charge in [0.25, 0.3) is 0 Å². The van der Waals surface area contributed by atoms with E-state index in [1.165, 1.54) is 0 Å². The van der Waals surface area contributed by atoms with E-state index in [-0.39, 0.29) is 6.04 Å². The zero-order valence-electron chi connectivity index (χ0n) is 9.15. The number of hydrogen-bond donors (Lipinski definition) is 2. The summed E-state index contributed by atoms with van der Waals surface area (Å²) in [6.07, 6.45) is 5.49. The molecule has 0 aromatic carbocycles. The van der Waals surface area contributed by atoms with Gasteiger partial charge < -0.3 is 4.74 Å². The molecule has 0 spiro atoms. The topological polar surface area (TPSA) is 60.2 Å². The number of nitrogens with two attached hydrogens (primary N) is 1. The second-order valence-corrected chi connectivity index (χ2v) is 3.41. The average molecular weight is 209 g/mol. The molecule has 15 heavy (non-hydrogen) atoms. The lowest BCUT2D eigenvalue weighted by Crippen LogP contribution is -2.29. The fourth-order valence-electron chi connectivity index (χ4n) is 1.38. The van der Waals surface area contributed by atoms with E-state index in [4.69, 9.17) is 10.6 Å². The fourth-order valence-corrected chi connectivity index (χ4v) is 1.38. The predicted octanol–water partition coefficient (Wildman–Crippen LogP) is 1.40. The van der Waals surface area contributed by atoms with Gasteiger partial charge in [0.1, 0.15) is 0 Å². The summed E-state index contributed by atoms with van der Waals surface area (Å²) in [4.78, 5) is 4.06. The van der Waals surface area contributed by atoms with Gasteiger partial charge in [0.2, 0.25) is 0 Å². The van der Waals surface area contributed by atoms with Gasteiger partial charge in [-0.15, -0.1) is 0 Å². The summed E-state index contributed by atoms with van der Waals surface area (Å²) in [5.41, 5.74) is 3.87. The van der Waals surface area contributed by atoms with Gasteiger partial charge in [0.15, 0.2) is 0 Å². The number of rotatable bonds is 7. The minimum Gasteiger partial charge on any atom is -0.381 e. The molecule has 0 saturated carbocycles. The zero-order chi connectivity index (χ0) is 10.9. The van der Waals surface area contributed by atoms with Crippen molar-refractivity contribution in [3.63, 3.8) is 0 Å². The van der Waals surface area contributed by atoms with Crippen LogP contribution in [0.1, 0.15) is 31.4 Å². The predicted molar refractivity (Wildman–Crippen MR) is 60.0 cm³/mol. The number of hydrogen-bond acceptors (Lipinski definition) is 4. The van der Waals surface area contributed by atoms with Gasteiger partial charge in [-0.1, -0.05) is 13.0 Å². The molecule has 1 unspecified atom stereocenters. The van der Waals surface area contributed by atoms with Crippen molar-refractivity contribution < 1.29 is 4.74 Å². The number of pyridine rings is 1. The lowest BCUT2D eigenvalue weighted by molar-refractivity contribution is 0.124. The minimum absolute atomic E-state index is 0.121. The second kappa shape index (κ2) is 7.34. The lowest BCUT2D eigenvalue weighted by atomic mass is 10.1. The summed E-state index contributed by atoms with van der Waals surface area (Å²) >= 11 is 0. The van der Waals surface area contributed by atoms with Crippen molar-refractivity contribution in [2.45, 2.75) is 25.8 Å². The van der Waals surface area contributed by atoms with E-state index >= 15 is 0 Å². The molecule has 0 aliphatic rings. The molecule has 0 saturated heterocycles. The molecule has 4 nitrogen and oxygen atoms in total. The van der Waals surface area contributed by atoms with Crippen LogP contribution in [0.4, 0.5) is 0 Å². The van der Waals surface area contributed by atoms with Crippen LogP contribution in [0.5, 0.6) is 0 Å². The van der Waals surface area contributed by atoms with Gasteiger partial charge >= 0.3 is 0 Å². The molecule has 1 aromatic rings. The molecule has 0 bridgehead atoms. The Balaban J connectivity index is 2.36. The SMILES string of the molecule is CCCOCCC(NN)c1cccnc1. The van der Waals surface area contributed by atoms with Crippen molar-refractivity contribution in [1.82, 2.24) is 10.4 Å². The summed E-state index contributed by atoms with van der Waals surface area (Å²) in [5, 5.41) is 0. The van der Waals surface area contributed by atoms with Gasteiger partial charge in [-0.3, -0.25) is 16.3 Å². The van der Waals surface area contributed by atoms with E-state index in [9.17, 15) is 0 Å². The maximum absolute atomic E-state index is 5.49. The monoisotopic (exact) mass is 209 g/mol. The highest BCUT2D eigenvalue weighted by Crippen LogP contribution is 2.13. The first kappa shape index (κ1) is 12.1. The van der Waals surface area contributed by atoms with Gasteiger partial charge in [-0.25, -0.2) is 0 Å². The second-order valence-electron chi connectivity index (χ2n) is 3.41. The lowest BCUT2D eigenvalue weighted by Gasteiger charge is -2.15. The van der Waals surface area contributed by atoms with E-state index in [1.807, 2.05) is 18.3 Å². The van der Waals surface area contributed by atoms with Crippen LogP contribution in [0, 0.1) is 0 Å². The number of nitrogens with one attached hydrogen (secondary N) is 1. The van der Waals surface area contributed by atoms with Crippen LogP contribution >= 0.6 is 0 Å². The summed E-state index contributed by atoms with van der Waals surface area (Å²) in [6.45, 7) is 3.63. The van der Waals surface area contributed by atoms with Gasteiger partial charge in [-0.2, -0.15) is 0 Å².